The van der Waals surface area contributed by atoms with Gasteiger partial charge >= 0.3 is 5.97 Å². The Morgan fingerprint density at radius 2 is 2.00 bits per heavy atom. The highest BCUT2D eigenvalue weighted by Gasteiger charge is 2.21. The first kappa shape index (κ1) is 16.6. The van der Waals surface area contributed by atoms with Gasteiger partial charge in [0.25, 0.3) is 0 Å². The van der Waals surface area contributed by atoms with Crippen molar-refractivity contribution >= 4 is 46.6 Å². The van der Waals surface area contributed by atoms with Crippen LogP contribution in [0.25, 0.3) is 0 Å². The first-order valence-electron chi connectivity index (χ1n) is 6.58. The van der Waals surface area contributed by atoms with Crippen molar-refractivity contribution in [3.05, 3.63) is 21.3 Å². The lowest BCUT2D eigenvalue weighted by atomic mass is 10.3. The minimum absolute atomic E-state index is 0.0515. The van der Waals surface area contributed by atoms with E-state index < -0.39 is 5.97 Å². The third-order valence-electron chi connectivity index (χ3n) is 3.18. The van der Waals surface area contributed by atoms with Crippen LogP contribution in [0.3, 0.4) is 0 Å². The van der Waals surface area contributed by atoms with Gasteiger partial charge in [-0.3, -0.25) is 14.5 Å². The molecule has 1 N–H and O–H groups in total. The van der Waals surface area contributed by atoms with E-state index in [0.29, 0.717) is 31.9 Å². The zero-order valence-corrected chi connectivity index (χ0v) is 13.8. The maximum absolute atomic E-state index is 12.1. The second-order valence-electron chi connectivity index (χ2n) is 4.75. The topological polar surface area (TPSA) is 60.9 Å². The number of thioether (sulfide) groups is 1. The molecule has 1 aromatic heterocycles. The maximum Gasteiger partial charge on any atom is 0.317 e. The van der Waals surface area contributed by atoms with E-state index in [9.17, 15) is 9.59 Å². The molecule has 0 radical (unpaired) electrons. The van der Waals surface area contributed by atoms with E-state index in [1.807, 2.05) is 21.9 Å². The van der Waals surface area contributed by atoms with E-state index in [1.54, 1.807) is 11.8 Å². The molecule has 0 unspecified atom stereocenters. The number of hydrogen-bond donors (Lipinski definition) is 1. The Labute approximate surface area is 136 Å². The number of rotatable bonds is 6. The van der Waals surface area contributed by atoms with Crippen molar-refractivity contribution in [2.24, 2.45) is 0 Å². The zero-order valence-electron chi connectivity index (χ0n) is 11.5. The molecule has 0 saturated carbocycles. The number of carbonyl (C=O) groups is 2. The molecule has 21 heavy (non-hydrogen) atoms. The summed E-state index contributed by atoms with van der Waals surface area (Å²) in [5.74, 6) is 0.550. The molecule has 0 spiro atoms. The number of carbonyl (C=O) groups excluding carboxylic acids is 1. The molecule has 5 nitrogen and oxygen atoms in total. The van der Waals surface area contributed by atoms with Crippen molar-refractivity contribution in [1.29, 1.82) is 0 Å². The molecule has 1 amide bonds. The summed E-state index contributed by atoms with van der Waals surface area (Å²) < 4.78 is 0.770. The van der Waals surface area contributed by atoms with Crippen molar-refractivity contribution in [1.82, 2.24) is 9.80 Å². The third-order valence-corrected chi connectivity index (χ3v) is 5.56. The van der Waals surface area contributed by atoms with Crippen molar-refractivity contribution in [2.75, 3.05) is 38.5 Å². The Morgan fingerprint density at radius 3 is 2.57 bits per heavy atom. The Morgan fingerprint density at radius 1 is 1.29 bits per heavy atom. The van der Waals surface area contributed by atoms with E-state index >= 15 is 0 Å². The first-order valence-corrected chi connectivity index (χ1v) is 8.93. The van der Waals surface area contributed by atoms with Gasteiger partial charge in [0.05, 0.1) is 16.6 Å². The number of hydrogen-bond acceptors (Lipinski definition) is 5. The van der Waals surface area contributed by atoms with Crippen LogP contribution >= 0.6 is 34.7 Å². The molecule has 0 bridgehead atoms. The van der Waals surface area contributed by atoms with Gasteiger partial charge in [-0.2, -0.15) is 0 Å². The smallest absolute Gasteiger partial charge is 0.317 e. The average molecular weight is 349 g/mol. The summed E-state index contributed by atoms with van der Waals surface area (Å²) in [4.78, 5) is 27.5. The molecule has 2 heterocycles. The molecular formula is C13H17ClN2O3S2. The number of piperazine rings is 1. The van der Waals surface area contributed by atoms with E-state index in [4.69, 9.17) is 16.7 Å². The van der Waals surface area contributed by atoms with Gasteiger partial charge in [0, 0.05) is 36.8 Å². The second kappa shape index (κ2) is 8.03. The predicted molar refractivity (Wildman–Crippen MR) is 86.1 cm³/mol. The molecule has 1 saturated heterocycles. The number of nitrogens with zero attached hydrogens (tertiary/aromatic N) is 2. The summed E-state index contributed by atoms with van der Waals surface area (Å²) in [5, 5.41) is 8.73. The average Bonchev–Trinajstić information content (AvgIpc) is 2.84. The van der Waals surface area contributed by atoms with Gasteiger partial charge in [-0.25, -0.2) is 0 Å². The monoisotopic (exact) mass is 348 g/mol. The summed E-state index contributed by atoms with van der Waals surface area (Å²) >= 11 is 8.99. The van der Waals surface area contributed by atoms with Crippen LogP contribution in [0, 0.1) is 0 Å². The molecule has 1 fully saturated rings. The maximum atomic E-state index is 12.1. The zero-order chi connectivity index (χ0) is 15.2. The van der Waals surface area contributed by atoms with E-state index in [0.717, 1.165) is 10.1 Å². The molecule has 2 rings (SSSR count). The quantitative estimate of drug-likeness (QED) is 0.850. The van der Waals surface area contributed by atoms with Gasteiger partial charge in [-0.05, 0) is 12.1 Å². The Kier molecular flexibility index (Phi) is 6.35. The fraction of sp³-hybridized carbons (Fsp3) is 0.538. The van der Waals surface area contributed by atoms with Crippen LogP contribution in [0.4, 0.5) is 0 Å². The van der Waals surface area contributed by atoms with Crippen molar-refractivity contribution < 1.29 is 14.7 Å². The number of carboxylic acids is 1. The highest BCUT2D eigenvalue weighted by Crippen LogP contribution is 2.25. The van der Waals surface area contributed by atoms with Crippen LogP contribution in [-0.4, -0.2) is 65.3 Å². The summed E-state index contributed by atoms with van der Waals surface area (Å²) in [6.07, 6.45) is 0. The lowest BCUT2D eigenvalue weighted by Crippen LogP contribution is -2.50. The van der Waals surface area contributed by atoms with Crippen LogP contribution < -0.4 is 0 Å². The van der Waals surface area contributed by atoms with Crippen molar-refractivity contribution in [3.63, 3.8) is 0 Å². The van der Waals surface area contributed by atoms with Gasteiger partial charge in [0.15, 0.2) is 0 Å². The lowest BCUT2D eigenvalue weighted by Gasteiger charge is -2.33. The Bertz CT molecular complexity index is 501. The van der Waals surface area contributed by atoms with Gasteiger partial charge in [-0.15, -0.1) is 23.1 Å². The van der Waals surface area contributed by atoms with Gasteiger partial charge in [0.1, 0.15) is 0 Å². The normalized spacial score (nSPS) is 16.1. The highest BCUT2D eigenvalue weighted by molar-refractivity contribution is 7.99. The number of aliphatic carboxylic acids is 1. The molecular weight excluding hydrogens is 332 g/mol. The number of carboxylic acid groups (broad SMARTS) is 1. The van der Waals surface area contributed by atoms with Crippen LogP contribution in [0.2, 0.25) is 4.34 Å². The standard InChI is InChI=1S/C13H17ClN2O3S2/c14-11-2-1-10(21-11)8-20-9-12(17)16-5-3-15(4-6-16)7-13(18)19/h1-2H,3-9H2,(H,18,19). The highest BCUT2D eigenvalue weighted by atomic mass is 35.5. The molecule has 1 aliphatic rings. The Hall–Kier alpha value is -0.760. The molecule has 116 valence electrons. The minimum atomic E-state index is -0.819. The molecule has 0 aromatic carbocycles. The van der Waals surface area contributed by atoms with Gasteiger partial charge in [-0.1, -0.05) is 11.6 Å². The summed E-state index contributed by atoms with van der Waals surface area (Å²) in [7, 11) is 0. The second-order valence-corrected chi connectivity index (χ2v) is 7.53. The lowest BCUT2D eigenvalue weighted by molar-refractivity contribution is -0.139. The summed E-state index contributed by atoms with van der Waals surface area (Å²) in [5.41, 5.74) is 0. The summed E-state index contributed by atoms with van der Waals surface area (Å²) in [6.45, 7) is 2.53. The van der Waals surface area contributed by atoms with E-state index in [-0.39, 0.29) is 12.5 Å². The first-order chi connectivity index (χ1) is 10.0. The Balaban J connectivity index is 1.66. The molecule has 0 aliphatic carbocycles. The molecule has 1 aliphatic heterocycles. The molecule has 8 heteroatoms. The van der Waals surface area contributed by atoms with Gasteiger partial charge < -0.3 is 10.0 Å². The van der Waals surface area contributed by atoms with Crippen molar-refractivity contribution in [3.8, 4) is 0 Å². The van der Waals surface area contributed by atoms with Crippen LogP contribution in [0.5, 0.6) is 0 Å². The van der Waals surface area contributed by atoms with Gasteiger partial charge in [0.2, 0.25) is 5.91 Å². The van der Waals surface area contributed by atoms with Crippen LogP contribution in [0.15, 0.2) is 12.1 Å². The molecule has 1 aromatic rings. The number of halogens is 1. The van der Waals surface area contributed by atoms with E-state index in [2.05, 4.69) is 0 Å². The van der Waals surface area contributed by atoms with E-state index in [1.165, 1.54) is 16.2 Å². The SMILES string of the molecule is O=C(O)CN1CCN(C(=O)CSCc2ccc(Cl)s2)CC1. The van der Waals surface area contributed by atoms with Crippen LogP contribution in [-0.2, 0) is 15.3 Å². The third kappa shape index (κ3) is 5.50. The minimum Gasteiger partial charge on any atom is -0.480 e. The fourth-order valence-electron chi connectivity index (χ4n) is 2.11. The largest absolute Gasteiger partial charge is 0.480 e. The van der Waals surface area contributed by atoms with Crippen LogP contribution in [0.1, 0.15) is 4.88 Å². The summed E-state index contributed by atoms with van der Waals surface area (Å²) in [6, 6.07) is 3.85. The molecule has 0 atom stereocenters. The van der Waals surface area contributed by atoms with Crippen molar-refractivity contribution in [2.45, 2.75) is 5.75 Å². The predicted octanol–water partition coefficient (Wildman–Crippen LogP) is 1.86. The fourth-order valence-corrected chi connectivity index (χ4v) is 4.23. The number of thiophene rings is 1. The number of amides is 1.